The van der Waals surface area contributed by atoms with E-state index in [0.29, 0.717) is 5.92 Å². The van der Waals surface area contributed by atoms with Crippen LogP contribution in [0.25, 0.3) is 0 Å². The molecule has 1 nitrogen and oxygen atoms in total. The molecule has 0 saturated heterocycles. The number of aliphatic hydroxyl groups excluding tert-OH is 1. The molecule has 0 amide bonds. The van der Waals surface area contributed by atoms with Gasteiger partial charge in [0.05, 0.1) is 6.10 Å². The minimum absolute atomic E-state index is 0.138. The van der Waals surface area contributed by atoms with Crippen molar-refractivity contribution in [3.8, 4) is 0 Å². The molecule has 0 saturated carbocycles. The predicted octanol–water partition coefficient (Wildman–Crippen LogP) is 5.68. The quantitative estimate of drug-likeness (QED) is 0.515. The molecule has 0 radical (unpaired) electrons. The lowest BCUT2D eigenvalue weighted by Gasteiger charge is -2.16. The van der Waals surface area contributed by atoms with Crippen LogP contribution in [0.2, 0.25) is 0 Å². The summed E-state index contributed by atoms with van der Waals surface area (Å²) in [5, 5.41) is 10.1. The van der Waals surface area contributed by atoms with Crippen LogP contribution >= 0.6 is 0 Å². The minimum Gasteiger partial charge on any atom is -0.393 e. The summed E-state index contributed by atoms with van der Waals surface area (Å²) in [4.78, 5) is 0. The zero-order valence-electron chi connectivity index (χ0n) is 13.4. The largest absolute Gasteiger partial charge is 0.393 e. The fraction of sp³-hybridized carbons (Fsp3) is 0.684. The second-order valence-corrected chi connectivity index (χ2v) is 6.11. The molecule has 0 spiro atoms. The number of unbranched alkanes of at least 4 members (excludes halogenated alkanes) is 6. The average molecular weight is 276 g/mol. The Kier molecular flexibility index (Phi) is 9.40. The van der Waals surface area contributed by atoms with Crippen LogP contribution in [0.15, 0.2) is 30.3 Å². The van der Waals surface area contributed by atoms with E-state index in [1.54, 1.807) is 0 Å². The van der Waals surface area contributed by atoms with Gasteiger partial charge in [0, 0.05) is 0 Å². The van der Waals surface area contributed by atoms with Gasteiger partial charge in [-0.25, -0.2) is 0 Å². The zero-order chi connectivity index (χ0) is 14.6. The first kappa shape index (κ1) is 17.2. The fourth-order valence-electron chi connectivity index (χ4n) is 2.78. The highest BCUT2D eigenvalue weighted by Crippen LogP contribution is 2.22. The summed E-state index contributed by atoms with van der Waals surface area (Å²) in [6.07, 6.45) is 10.9. The van der Waals surface area contributed by atoms with Crippen molar-refractivity contribution >= 4 is 0 Å². The first-order valence-electron chi connectivity index (χ1n) is 8.47. The molecule has 0 fully saturated rings. The molecule has 2 atom stereocenters. The van der Waals surface area contributed by atoms with Crippen LogP contribution in [0.1, 0.15) is 83.1 Å². The second-order valence-electron chi connectivity index (χ2n) is 6.11. The number of hydrogen-bond acceptors (Lipinski definition) is 1. The maximum Gasteiger partial charge on any atom is 0.0546 e. The molecule has 0 heterocycles. The molecule has 1 heteroatoms. The van der Waals surface area contributed by atoms with E-state index in [2.05, 4.69) is 38.1 Å². The number of rotatable bonds is 11. The molecule has 0 aliphatic heterocycles. The van der Waals surface area contributed by atoms with E-state index in [0.717, 1.165) is 12.8 Å². The maximum absolute atomic E-state index is 10.1. The van der Waals surface area contributed by atoms with Crippen molar-refractivity contribution in [1.29, 1.82) is 0 Å². The van der Waals surface area contributed by atoms with Gasteiger partial charge >= 0.3 is 0 Å². The Labute approximate surface area is 125 Å². The molecule has 0 aromatic heterocycles. The summed E-state index contributed by atoms with van der Waals surface area (Å²) >= 11 is 0. The van der Waals surface area contributed by atoms with E-state index in [9.17, 15) is 5.11 Å². The van der Waals surface area contributed by atoms with Crippen LogP contribution in [-0.4, -0.2) is 11.2 Å². The highest BCUT2D eigenvalue weighted by atomic mass is 16.3. The van der Waals surface area contributed by atoms with Crippen LogP contribution in [-0.2, 0) is 0 Å². The monoisotopic (exact) mass is 276 g/mol. The normalized spacial score (nSPS) is 14.2. The lowest BCUT2D eigenvalue weighted by molar-refractivity contribution is 0.143. The van der Waals surface area contributed by atoms with Gasteiger partial charge in [0.25, 0.3) is 0 Å². The lowest BCUT2D eigenvalue weighted by atomic mass is 9.93. The lowest BCUT2D eigenvalue weighted by Crippen LogP contribution is -2.10. The molecule has 0 aliphatic rings. The third-order valence-corrected chi connectivity index (χ3v) is 4.14. The van der Waals surface area contributed by atoms with Crippen LogP contribution in [0.5, 0.6) is 0 Å². The van der Waals surface area contributed by atoms with Gasteiger partial charge in [-0.2, -0.15) is 0 Å². The summed E-state index contributed by atoms with van der Waals surface area (Å²) in [5.41, 5.74) is 1.34. The van der Waals surface area contributed by atoms with Crippen molar-refractivity contribution in [3.05, 3.63) is 35.9 Å². The van der Waals surface area contributed by atoms with Crippen LogP contribution in [0.3, 0.4) is 0 Å². The fourth-order valence-corrected chi connectivity index (χ4v) is 2.78. The Morgan fingerprint density at radius 1 is 0.900 bits per heavy atom. The predicted molar refractivity (Wildman–Crippen MR) is 88.1 cm³/mol. The molecule has 2 unspecified atom stereocenters. The molecule has 114 valence electrons. The van der Waals surface area contributed by atoms with Gasteiger partial charge in [0.15, 0.2) is 0 Å². The average Bonchev–Trinajstić information content (AvgIpc) is 2.47. The third-order valence-electron chi connectivity index (χ3n) is 4.14. The minimum atomic E-state index is -0.138. The Bertz CT molecular complexity index is 320. The third kappa shape index (κ3) is 7.69. The Hall–Kier alpha value is -0.820. The summed E-state index contributed by atoms with van der Waals surface area (Å²) in [7, 11) is 0. The Morgan fingerprint density at radius 2 is 1.50 bits per heavy atom. The highest BCUT2D eigenvalue weighted by molar-refractivity contribution is 5.18. The number of benzene rings is 1. The zero-order valence-corrected chi connectivity index (χ0v) is 13.4. The number of hydrogen-bond donors (Lipinski definition) is 1. The van der Waals surface area contributed by atoms with Gasteiger partial charge in [-0.3, -0.25) is 0 Å². The van der Waals surface area contributed by atoms with Gasteiger partial charge in [0.1, 0.15) is 0 Å². The Morgan fingerprint density at radius 3 is 2.15 bits per heavy atom. The second kappa shape index (κ2) is 10.9. The first-order valence-corrected chi connectivity index (χ1v) is 8.47. The van der Waals surface area contributed by atoms with E-state index in [1.165, 1.54) is 50.5 Å². The summed E-state index contributed by atoms with van der Waals surface area (Å²) in [6.45, 7) is 4.47. The number of aliphatic hydroxyl groups is 1. The van der Waals surface area contributed by atoms with Crippen molar-refractivity contribution in [1.82, 2.24) is 0 Å². The molecule has 1 rings (SSSR count). The van der Waals surface area contributed by atoms with Gasteiger partial charge in [-0.05, 0) is 24.3 Å². The van der Waals surface area contributed by atoms with Gasteiger partial charge in [-0.1, -0.05) is 89.1 Å². The van der Waals surface area contributed by atoms with Crippen molar-refractivity contribution in [2.24, 2.45) is 0 Å². The standard InChI is InChI=1S/C19H32O/c1-3-4-5-6-7-8-12-15-19(20)16-17(2)18-13-10-9-11-14-18/h9-11,13-14,17,19-20H,3-8,12,15-16H2,1-2H3. The molecule has 0 bridgehead atoms. The van der Waals surface area contributed by atoms with Gasteiger partial charge < -0.3 is 5.11 Å². The topological polar surface area (TPSA) is 20.2 Å². The Balaban J connectivity index is 2.07. The van der Waals surface area contributed by atoms with E-state index >= 15 is 0 Å². The van der Waals surface area contributed by atoms with Crippen LogP contribution in [0.4, 0.5) is 0 Å². The van der Waals surface area contributed by atoms with Crippen LogP contribution < -0.4 is 0 Å². The van der Waals surface area contributed by atoms with E-state index < -0.39 is 0 Å². The molecular weight excluding hydrogens is 244 g/mol. The molecule has 1 aromatic rings. The van der Waals surface area contributed by atoms with Crippen molar-refractivity contribution in [2.75, 3.05) is 0 Å². The van der Waals surface area contributed by atoms with E-state index in [1.807, 2.05) is 6.07 Å². The van der Waals surface area contributed by atoms with Gasteiger partial charge in [-0.15, -0.1) is 0 Å². The summed E-state index contributed by atoms with van der Waals surface area (Å²) in [6, 6.07) is 10.5. The molecular formula is C19H32O. The smallest absolute Gasteiger partial charge is 0.0546 e. The highest BCUT2D eigenvalue weighted by Gasteiger charge is 2.11. The van der Waals surface area contributed by atoms with Crippen molar-refractivity contribution in [2.45, 2.75) is 83.7 Å². The molecule has 0 aliphatic carbocycles. The molecule has 1 N–H and O–H groups in total. The van der Waals surface area contributed by atoms with Crippen molar-refractivity contribution < 1.29 is 5.11 Å². The van der Waals surface area contributed by atoms with Gasteiger partial charge in [0.2, 0.25) is 0 Å². The molecule has 20 heavy (non-hydrogen) atoms. The first-order chi connectivity index (χ1) is 9.74. The molecule has 1 aromatic carbocycles. The summed E-state index contributed by atoms with van der Waals surface area (Å²) < 4.78 is 0. The van der Waals surface area contributed by atoms with Crippen molar-refractivity contribution in [3.63, 3.8) is 0 Å². The van der Waals surface area contributed by atoms with Crippen LogP contribution in [0, 0.1) is 0 Å². The van der Waals surface area contributed by atoms with E-state index in [4.69, 9.17) is 0 Å². The van der Waals surface area contributed by atoms with E-state index in [-0.39, 0.29) is 6.10 Å². The SMILES string of the molecule is CCCCCCCCCC(O)CC(C)c1ccccc1. The maximum atomic E-state index is 10.1. The summed E-state index contributed by atoms with van der Waals surface area (Å²) in [5.74, 6) is 0.454.